The third-order valence-corrected chi connectivity index (χ3v) is 4.66. The molecule has 0 spiro atoms. The molecule has 10 heteroatoms. The predicted molar refractivity (Wildman–Crippen MR) is 97.0 cm³/mol. The molecular weight excluding hydrogens is 370 g/mol. The van der Waals surface area contributed by atoms with Crippen molar-refractivity contribution in [1.82, 2.24) is 4.72 Å². The van der Waals surface area contributed by atoms with Gasteiger partial charge in [0, 0.05) is 5.69 Å². The van der Waals surface area contributed by atoms with Gasteiger partial charge in [-0.25, -0.2) is 8.42 Å². The number of benzene rings is 1. The summed E-state index contributed by atoms with van der Waals surface area (Å²) >= 11 is 0. The number of amides is 1. The van der Waals surface area contributed by atoms with Gasteiger partial charge in [-0.3, -0.25) is 9.59 Å². The second kappa shape index (κ2) is 9.14. The molecule has 25 heavy (non-hydrogen) atoms. The smallest absolute Gasteiger partial charge is 0.320 e. The van der Waals surface area contributed by atoms with Crippen molar-refractivity contribution in [3.8, 4) is 0 Å². The first-order valence-electron chi connectivity index (χ1n) is 7.20. The Balaban J connectivity index is 0.00000576. The Hall–Kier alpha value is -1.68. The summed E-state index contributed by atoms with van der Waals surface area (Å²) in [4.78, 5) is 23.1. The van der Waals surface area contributed by atoms with Crippen LogP contribution in [0.2, 0.25) is 0 Å². The quantitative estimate of drug-likeness (QED) is 0.615. The molecule has 0 unspecified atom stereocenters. The summed E-state index contributed by atoms with van der Waals surface area (Å²) in [6.07, 6.45) is 0. The van der Waals surface area contributed by atoms with Gasteiger partial charge in [-0.15, -0.1) is 12.4 Å². The minimum atomic E-state index is -3.91. The number of nitrogens with two attached hydrogens (primary N) is 1. The Morgan fingerprint density at radius 1 is 1.28 bits per heavy atom. The molecule has 0 aliphatic heterocycles. The molecule has 0 saturated carbocycles. The molecule has 8 nitrogen and oxygen atoms in total. The average Bonchev–Trinajstić information content (AvgIpc) is 2.51. The van der Waals surface area contributed by atoms with E-state index in [0.717, 1.165) is 7.11 Å². The van der Waals surface area contributed by atoms with Crippen molar-refractivity contribution >= 4 is 40.0 Å². The summed E-state index contributed by atoms with van der Waals surface area (Å²) in [5.74, 6) is -1.13. The van der Waals surface area contributed by atoms with Gasteiger partial charge in [-0.05, 0) is 23.6 Å². The van der Waals surface area contributed by atoms with Crippen molar-refractivity contribution in [3.63, 3.8) is 0 Å². The second-order valence-electron chi connectivity index (χ2n) is 6.26. The first kappa shape index (κ1) is 23.3. The fraction of sp³-hybridized carbons (Fsp3) is 0.467. The molecule has 0 aliphatic carbocycles. The zero-order valence-corrected chi connectivity index (χ0v) is 16.2. The number of carbonyl (C=O) groups excluding carboxylic acids is 2. The number of rotatable bonds is 6. The van der Waals surface area contributed by atoms with Gasteiger partial charge in [0.2, 0.25) is 15.9 Å². The Morgan fingerprint density at radius 2 is 1.88 bits per heavy atom. The van der Waals surface area contributed by atoms with Crippen molar-refractivity contribution in [2.45, 2.75) is 31.7 Å². The van der Waals surface area contributed by atoms with Gasteiger partial charge in [0.15, 0.2) is 0 Å². The zero-order valence-electron chi connectivity index (χ0n) is 14.5. The molecule has 1 atom stereocenters. The van der Waals surface area contributed by atoms with Crippen LogP contribution < -0.4 is 15.8 Å². The highest BCUT2D eigenvalue weighted by atomic mass is 35.5. The van der Waals surface area contributed by atoms with E-state index in [1.54, 1.807) is 6.07 Å². The highest BCUT2D eigenvalue weighted by Crippen LogP contribution is 2.20. The topological polar surface area (TPSA) is 128 Å². The zero-order chi connectivity index (χ0) is 18.5. The van der Waals surface area contributed by atoms with E-state index in [0.29, 0.717) is 5.69 Å². The molecular formula is C15H24ClN3O5S. The molecule has 0 radical (unpaired) electrons. The lowest BCUT2D eigenvalue weighted by Crippen LogP contribution is -2.45. The molecule has 0 saturated heterocycles. The summed E-state index contributed by atoms with van der Waals surface area (Å²) in [6, 6.07) is 4.90. The van der Waals surface area contributed by atoms with Gasteiger partial charge in [-0.1, -0.05) is 26.8 Å². The van der Waals surface area contributed by atoms with Crippen LogP contribution in [0, 0.1) is 5.41 Å². The summed E-state index contributed by atoms with van der Waals surface area (Å²) in [6.45, 7) is 5.00. The highest BCUT2D eigenvalue weighted by molar-refractivity contribution is 7.89. The fourth-order valence-corrected chi connectivity index (χ4v) is 2.68. The van der Waals surface area contributed by atoms with Crippen LogP contribution in [0.1, 0.15) is 20.8 Å². The number of hydrogen-bond acceptors (Lipinski definition) is 6. The lowest BCUT2D eigenvalue weighted by atomic mass is 9.87. The number of esters is 1. The molecule has 0 bridgehead atoms. The number of ether oxygens (including phenoxy) is 1. The van der Waals surface area contributed by atoms with Crippen molar-refractivity contribution < 1.29 is 22.7 Å². The van der Waals surface area contributed by atoms with Crippen LogP contribution in [0.3, 0.4) is 0 Å². The van der Waals surface area contributed by atoms with Crippen molar-refractivity contribution in [2.24, 2.45) is 11.1 Å². The molecule has 0 aromatic heterocycles. The van der Waals surface area contributed by atoms with E-state index in [1.807, 2.05) is 20.8 Å². The second-order valence-corrected chi connectivity index (χ2v) is 8.03. The van der Waals surface area contributed by atoms with Gasteiger partial charge < -0.3 is 15.8 Å². The largest absolute Gasteiger partial charge is 0.468 e. The third kappa shape index (κ3) is 6.99. The van der Waals surface area contributed by atoms with E-state index in [9.17, 15) is 18.0 Å². The van der Waals surface area contributed by atoms with Gasteiger partial charge in [-0.2, -0.15) is 4.72 Å². The SMILES string of the molecule is COC(=O)CNS(=O)(=O)c1cccc(NC(=O)[C@@H](N)C(C)(C)C)c1.Cl. The molecule has 0 heterocycles. The van der Waals surface area contributed by atoms with Crippen LogP contribution >= 0.6 is 12.4 Å². The summed E-state index contributed by atoms with van der Waals surface area (Å²) in [7, 11) is -2.75. The summed E-state index contributed by atoms with van der Waals surface area (Å²) in [5, 5.41) is 2.59. The average molecular weight is 394 g/mol. The van der Waals surface area contributed by atoms with Crippen LogP contribution in [-0.2, 0) is 24.3 Å². The third-order valence-electron chi connectivity index (χ3n) is 3.26. The minimum absolute atomic E-state index is 0. The van der Waals surface area contributed by atoms with Gasteiger partial charge in [0.05, 0.1) is 18.0 Å². The van der Waals surface area contributed by atoms with E-state index in [1.165, 1.54) is 18.2 Å². The molecule has 1 aromatic rings. The predicted octanol–water partition coefficient (Wildman–Crippen LogP) is 0.872. The Morgan fingerprint density at radius 3 is 2.40 bits per heavy atom. The van der Waals surface area contributed by atoms with Gasteiger partial charge >= 0.3 is 5.97 Å². The lowest BCUT2D eigenvalue weighted by Gasteiger charge is -2.25. The lowest BCUT2D eigenvalue weighted by molar-refractivity contribution is -0.139. The molecule has 1 amide bonds. The van der Waals surface area contributed by atoms with Crippen molar-refractivity contribution in [2.75, 3.05) is 19.0 Å². The fourth-order valence-electron chi connectivity index (χ4n) is 1.66. The highest BCUT2D eigenvalue weighted by Gasteiger charge is 2.27. The monoisotopic (exact) mass is 393 g/mol. The molecule has 0 aliphatic rings. The first-order valence-corrected chi connectivity index (χ1v) is 8.68. The maximum absolute atomic E-state index is 12.1. The van der Waals surface area contributed by atoms with Crippen LogP contribution in [0.25, 0.3) is 0 Å². The van der Waals surface area contributed by atoms with E-state index in [2.05, 4.69) is 14.8 Å². The van der Waals surface area contributed by atoms with E-state index < -0.39 is 39.9 Å². The summed E-state index contributed by atoms with van der Waals surface area (Å²) < 4.78 is 30.7. The van der Waals surface area contributed by atoms with E-state index >= 15 is 0 Å². The molecule has 4 N–H and O–H groups in total. The number of hydrogen-bond donors (Lipinski definition) is 3. The normalized spacial score (nSPS) is 12.7. The van der Waals surface area contributed by atoms with Crippen LogP contribution in [0.5, 0.6) is 0 Å². The standard InChI is InChI=1S/C15H23N3O5S.ClH/c1-15(2,3)13(16)14(20)18-10-6-5-7-11(8-10)24(21,22)17-9-12(19)23-4;/h5-8,13,17H,9,16H2,1-4H3,(H,18,20);1H/t13-;/m1./s1. The van der Waals surface area contributed by atoms with Crippen LogP contribution in [0.15, 0.2) is 29.2 Å². The number of nitrogens with one attached hydrogen (secondary N) is 2. The minimum Gasteiger partial charge on any atom is -0.468 e. The maximum atomic E-state index is 12.1. The van der Waals surface area contributed by atoms with Crippen LogP contribution in [-0.4, -0.2) is 40.0 Å². The van der Waals surface area contributed by atoms with Crippen molar-refractivity contribution in [1.29, 1.82) is 0 Å². The Bertz CT molecular complexity index is 716. The maximum Gasteiger partial charge on any atom is 0.320 e. The molecule has 0 fully saturated rings. The van der Waals surface area contributed by atoms with Crippen molar-refractivity contribution in [3.05, 3.63) is 24.3 Å². The Kier molecular flexibility index (Phi) is 8.52. The van der Waals surface area contributed by atoms with E-state index in [4.69, 9.17) is 5.73 Å². The van der Waals surface area contributed by atoms with Gasteiger partial charge in [0.1, 0.15) is 6.54 Å². The molecule has 1 aromatic carbocycles. The number of anilines is 1. The molecule has 1 rings (SSSR count). The number of sulfonamides is 1. The molecule has 142 valence electrons. The number of halogens is 1. The number of carbonyl (C=O) groups is 2. The first-order chi connectivity index (χ1) is 11.0. The Labute approximate surface area is 154 Å². The number of methoxy groups -OCH3 is 1. The summed E-state index contributed by atoms with van der Waals surface area (Å²) in [5.41, 5.74) is 5.73. The van der Waals surface area contributed by atoms with Crippen LogP contribution in [0.4, 0.5) is 5.69 Å². The van der Waals surface area contributed by atoms with Gasteiger partial charge in [0.25, 0.3) is 0 Å². The van der Waals surface area contributed by atoms with E-state index in [-0.39, 0.29) is 17.3 Å².